The third-order valence-corrected chi connectivity index (χ3v) is 1.93. The number of amides is 1. The summed E-state index contributed by atoms with van der Waals surface area (Å²) in [6.07, 6.45) is 1.53. The fourth-order valence-corrected chi connectivity index (χ4v) is 1.31. The van der Waals surface area contributed by atoms with Crippen molar-refractivity contribution >= 4 is 5.91 Å². The third-order valence-electron chi connectivity index (χ3n) is 1.93. The fourth-order valence-electron chi connectivity index (χ4n) is 1.31. The maximum Gasteiger partial charge on any atom is 0.243 e. The molecule has 0 aromatic carbocycles. The highest BCUT2D eigenvalue weighted by molar-refractivity contribution is 5.75. The number of tetrazole rings is 1. The van der Waals surface area contributed by atoms with Crippen molar-refractivity contribution in [1.82, 2.24) is 25.5 Å². The van der Waals surface area contributed by atoms with E-state index in [4.69, 9.17) is 4.42 Å². The van der Waals surface area contributed by atoms with Crippen LogP contribution in [0.15, 0.2) is 22.8 Å². The van der Waals surface area contributed by atoms with Crippen molar-refractivity contribution < 1.29 is 9.21 Å². The molecule has 0 saturated heterocycles. The maximum atomic E-state index is 11.5. The Morgan fingerprint density at radius 3 is 3.06 bits per heavy atom. The Kier molecular flexibility index (Phi) is 3.17. The molecule has 0 atom stereocenters. The summed E-state index contributed by atoms with van der Waals surface area (Å²) >= 11 is 0. The van der Waals surface area contributed by atoms with Gasteiger partial charge in [0.1, 0.15) is 6.54 Å². The Balaban J connectivity index is 2.02. The summed E-state index contributed by atoms with van der Waals surface area (Å²) < 4.78 is 5.12. The lowest BCUT2D eigenvalue weighted by Crippen LogP contribution is -2.33. The smallest absolute Gasteiger partial charge is 0.243 e. The van der Waals surface area contributed by atoms with E-state index in [2.05, 4.69) is 20.7 Å². The molecule has 0 aliphatic rings. The van der Waals surface area contributed by atoms with Crippen molar-refractivity contribution in [3.63, 3.8) is 0 Å². The molecule has 2 aromatic rings. The minimum absolute atomic E-state index is 0.0475. The number of furan rings is 1. The van der Waals surface area contributed by atoms with Crippen LogP contribution in [0.1, 0.15) is 13.8 Å². The minimum Gasteiger partial charge on any atom is -0.461 e. The van der Waals surface area contributed by atoms with Crippen LogP contribution >= 0.6 is 0 Å². The van der Waals surface area contributed by atoms with Crippen LogP contribution in [0.3, 0.4) is 0 Å². The molecular formula is C10H13N5O2. The molecule has 0 unspecified atom stereocenters. The van der Waals surface area contributed by atoms with E-state index in [0.29, 0.717) is 11.6 Å². The van der Waals surface area contributed by atoms with Crippen molar-refractivity contribution in [3.05, 3.63) is 18.4 Å². The lowest BCUT2D eigenvalue weighted by atomic mass is 10.4. The van der Waals surface area contributed by atoms with Crippen molar-refractivity contribution in [2.45, 2.75) is 26.4 Å². The van der Waals surface area contributed by atoms with Gasteiger partial charge in [0, 0.05) is 6.04 Å². The Labute approximate surface area is 97.8 Å². The Hall–Kier alpha value is -2.18. The number of nitrogens with one attached hydrogen (secondary N) is 1. The number of carbonyl (C=O) groups is 1. The standard InChI is InChI=1S/C10H13N5O2/c1-7(2)11-9(16)6-15-13-10(12-14-15)8-4-3-5-17-8/h3-5,7H,6H2,1-2H3,(H,11,16). The molecule has 0 radical (unpaired) electrons. The van der Waals surface area contributed by atoms with Crippen LogP contribution in [0.2, 0.25) is 0 Å². The highest BCUT2D eigenvalue weighted by Crippen LogP contribution is 2.12. The van der Waals surface area contributed by atoms with Gasteiger partial charge in [-0.2, -0.15) is 4.80 Å². The maximum absolute atomic E-state index is 11.5. The molecule has 1 N–H and O–H groups in total. The Bertz CT molecular complexity index is 489. The third kappa shape index (κ3) is 2.90. The molecule has 2 heterocycles. The van der Waals surface area contributed by atoms with Gasteiger partial charge in [0.2, 0.25) is 11.7 Å². The summed E-state index contributed by atoms with van der Waals surface area (Å²) in [6.45, 7) is 3.83. The highest BCUT2D eigenvalue weighted by atomic mass is 16.3. The first-order valence-electron chi connectivity index (χ1n) is 5.26. The van der Waals surface area contributed by atoms with Gasteiger partial charge in [-0.3, -0.25) is 4.79 Å². The highest BCUT2D eigenvalue weighted by Gasteiger charge is 2.11. The van der Waals surface area contributed by atoms with Gasteiger partial charge in [-0.25, -0.2) is 0 Å². The number of rotatable bonds is 4. The topological polar surface area (TPSA) is 85.8 Å². The molecule has 0 spiro atoms. The lowest BCUT2D eigenvalue weighted by Gasteiger charge is -2.06. The van der Waals surface area contributed by atoms with Gasteiger partial charge >= 0.3 is 0 Å². The van der Waals surface area contributed by atoms with Gasteiger partial charge in [-0.15, -0.1) is 10.2 Å². The first-order valence-corrected chi connectivity index (χ1v) is 5.26. The molecule has 90 valence electrons. The summed E-state index contributed by atoms with van der Waals surface area (Å²) in [6, 6.07) is 3.56. The number of aromatic nitrogens is 4. The Morgan fingerprint density at radius 2 is 2.41 bits per heavy atom. The second-order valence-electron chi connectivity index (χ2n) is 3.84. The zero-order valence-electron chi connectivity index (χ0n) is 9.62. The van der Waals surface area contributed by atoms with E-state index < -0.39 is 0 Å². The Morgan fingerprint density at radius 1 is 1.59 bits per heavy atom. The van der Waals surface area contributed by atoms with Crippen molar-refractivity contribution in [3.8, 4) is 11.6 Å². The van der Waals surface area contributed by atoms with Crippen LogP contribution in [0, 0.1) is 0 Å². The van der Waals surface area contributed by atoms with Crippen LogP contribution in [-0.2, 0) is 11.3 Å². The normalized spacial score (nSPS) is 10.8. The second-order valence-corrected chi connectivity index (χ2v) is 3.84. The monoisotopic (exact) mass is 235 g/mol. The van der Waals surface area contributed by atoms with Gasteiger partial charge < -0.3 is 9.73 Å². The van der Waals surface area contributed by atoms with E-state index in [1.54, 1.807) is 12.1 Å². The van der Waals surface area contributed by atoms with Gasteiger partial charge in [0.05, 0.1) is 6.26 Å². The van der Waals surface area contributed by atoms with Gasteiger partial charge in [0.15, 0.2) is 5.76 Å². The van der Waals surface area contributed by atoms with Crippen LogP contribution in [-0.4, -0.2) is 32.2 Å². The molecular weight excluding hydrogens is 222 g/mol. The summed E-state index contributed by atoms with van der Waals surface area (Å²) in [4.78, 5) is 12.7. The number of nitrogens with zero attached hydrogens (tertiary/aromatic N) is 4. The zero-order valence-corrected chi connectivity index (χ0v) is 9.62. The molecule has 0 saturated carbocycles. The van der Waals surface area contributed by atoms with Crippen LogP contribution in [0.4, 0.5) is 0 Å². The average Bonchev–Trinajstić information content (AvgIpc) is 2.84. The molecule has 0 fully saturated rings. The molecule has 2 aromatic heterocycles. The van der Waals surface area contributed by atoms with Gasteiger partial charge in [-0.05, 0) is 31.2 Å². The first kappa shape index (κ1) is 11.3. The molecule has 7 heteroatoms. The molecule has 2 rings (SSSR count). The van der Waals surface area contributed by atoms with E-state index in [9.17, 15) is 4.79 Å². The number of carbonyl (C=O) groups excluding carboxylic acids is 1. The first-order chi connectivity index (χ1) is 8.15. The average molecular weight is 235 g/mol. The summed E-state index contributed by atoms with van der Waals surface area (Å²) in [5, 5.41) is 14.4. The van der Waals surface area contributed by atoms with Crippen LogP contribution in [0.5, 0.6) is 0 Å². The SMILES string of the molecule is CC(C)NC(=O)Cn1nnc(-c2ccco2)n1. The predicted octanol–water partition coefficient (Wildman–Crippen LogP) is 0.458. The summed E-state index contributed by atoms with van der Waals surface area (Å²) in [5.74, 6) is 0.747. The van der Waals surface area contributed by atoms with Gasteiger partial charge in [0.25, 0.3) is 0 Å². The van der Waals surface area contributed by atoms with E-state index in [1.165, 1.54) is 11.1 Å². The second kappa shape index (κ2) is 4.77. The quantitative estimate of drug-likeness (QED) is 0.831. The molecule has 1 amide bonds. The van der Waals surface area contributed by atoms with E-state index in [-0.39, 0.29) is 18.5 Å². The minimum atomic E-state index is -0.150. The molecule has 17 heavy (non-hydrogen) atoms. The van der Waals surface area contributed by atoms with Crippen LogP contribution in [0.25, 0.3) is 11.6 Å². The van der Waals surface area contributed by atoms with Gasteiger partial charge in [-0.1, -0.05) is 0 Å². The number of hydrogen-bond donors (Lipinski definition) is 1. The van der Waals surface area contributed by atoms with E-state index in [0.717, 1.165) is 0 Å². The van der Waals surface area contributed by atoms with E-state index >= 15 is 0 Å². The summed E-state index contributed by atoms with van der Waals surface area (Å²) in [7, 11) is 0. The van der Waals surface area contributed by atoms with Crippen molar-refractivity contribution in [2.75, 3.05) is 0 Å². The molecule has 0 aliphatic carbocycles. The summed E-state index contributed by atoms with van der Waals surface area (Å²) in [5.41, 5.74) is 0. The zero-order chi connectivity index (χ0) is 12.3. The molecule has 0 aliphatic heterocycles. The van der Waals surface area contributed by atoms with Crippen LogP contribution < -0.4 is 5.32 Å². The van der Waals surface area contributed by atoms with E-state index in [1.807, 2.05) is 13.8 Å². The predicted molar refractivity (Wildman–Crippen MR) is 58.8 cm³/mol. The molecule has 0 bridgehead atoms. The van der Waals surface area contributed by atoms with Crippen molar-refractivity contribution in [2.24, 2.45) is 0 Å². The van der Waals surface area contributed by atoms with Crippen molar-refractivity contribution in [1.29, 1.82) is 0 Å². The molecule has 7 nitrogen and oxygen atoms in total. The number of hydrogen-bond acceptors (Lipinski definition) is 5. The lowest BCUT2D eigenvalue weighted by molar-refractivity contribution is -0.122. The largest absolute Gasteiger partial charge is 0.461 e. The fraction of sp³-hybridized carbons (Fsp3) is 0.400.